The Morgan fingerprint density at radius 2 is 2.58 bits per heavy atom. The maximum Gasteiger partial charge on any atom is 0.387 e. The van der Waals surface area contributed by atoms with Crippen LogP contribution in [0, 0.1) is 5.21 Å². The lowest BCUT2D eigenvalue weighted by molar-refractivity contribution is -0.804. The van der Waals surface area contributed by atoms with Gasteiger partial charge in [0.1, 0.15) is 6.61 Å². The fourth-order valence-corrected chi connectivity index (χ4v) is 0.669. The van der Waals surface area contributed by atoms with Crippen LogP contribution in [0.4, 0.5) is 0 Å². The van der Waals surface area contributed by atoms with Gasteiger partial charge in [-0.3, -0.25) is 4.63 Å². The monoisotopic (exact) mass is 174 g/mol. The normalized spacial score (nSPS) is 9.83. The summed E-state index contributed by atoms with van der Waals surface area (Å²) in [5.41, 5.74) is -0.572. The summed E-state index contributed by atoms with van der Waals surface area (Å²) in [6.45, 7) is -0.552. The molecule has 1 heterocycles. The van der Waals surface area contributed by atoms with Crippen LogP contribution in [0.1, 0.15) is 16.2 Å². The summed E-state index contributed by atoms with van der Waals surface area (Å²) in [6, 6.07) is 0. The molecule has 0 aliphatic heterocycles. The molecule has 0 amide bonds. The molecule has 0 saturated carbocycles. The molecule has 0 bridgehead atoms. The molecule has 7 heteroatoms. The molecular formula is C5H6N2O5. The maximum absolute atomic E-state index is 10.8. The lowest BCUT2D eigenvalue weighted by atomic mass is 10.3. The van der Waals surface area contributed by atoms with Crippen molar-refractivity contribution in [3.63, 3.8) is 0 Å². The van der Waals surface area contributed by atoms with Crippen LogP contribution in [0.25, 0.3) is 0 Å². The van der Waals surface area contributed by atoms with Crippen molar-refractivity contribution in [3.05, 3.63) is 16.6 Å². The topological polar surface area (TPSA) is 99.5 Å². The van der Waals surface area contributed by atoms with Crippen LogP contribution in [-0.2, 0) is 11.3 Å². The van der Waals surface area contributed by atoms with Gasteiger partial charge in [0.05, 0.1) is 7.11 Å². The number of ether oxygens (including phenoxy) is 1. The summed E-state index contributed by atoms with van der Waals surface area (Å²) in [5.74, 6) is -0.893. The zero-order valence-electron chi connectivity index (χ0n) is 6.18. The predicted molar refractivity (Wildman–Crippen MR) is 32.7 cm³/mol. The lowest BCUT2D eigenvalue weighted by Crippen LogP contribution is -2.32. The molecule has 1 N–H and O–H groups in total. The van der Waals surface area contributed by atoms with Crippen molar-refractivity contribution in [2.24, 2.45) is 0 Å². The van der Waals surface area contributed by atoms with Gasteiger partial charge in [-0.25, -0.2) is 4.79 Å². The van der Waals surface area contributed by atoms with Crippen molar-refractivity contribution in [2.75, 3.05) is 7.11 Å². The molecule has 0 aliphatic rings. The Morgan fingerprint density at radius 1 is 1.92 bits per heavy atom. The fraction of sp³-hybridized carbons (Fsp3) is 0.400. The second kappa shape index (κ2) is 3.18. The highest BCUT2D eigenvalue weighted by Crippen LogP contribution is 2.01. The average Bonchev–Trinajstić information content (AvgIpc) is 2.45. The highest BCUT2D eigenvalue weighted by molar-refractivity contribution is 5.86. The van der Waals surface area contributed by atoms with E-state index in [0.29, 0.717) is 0 Å². The van der Waals surface area contributed by atoms with E-state index in [0.717, 1.165) is 7.11 Å². The Morgan fingerprint density at radius 3 is 3.08 bits per heavy atom. The first-order chi connectivity index (χ1) is 5.70. The highest BCUT2D eigenvalue weighted by Gasteiger charge is 2.26. The maximum atomic E-state index is 10.8. The Labute approximate surface area is 66.7 Å². The summed E-state index contributed by atoms with van der Waals surface area (Å²) >= 11 is 0. The third kappa shape index (κ3) is 1.21. The number of carbonyl (C=O) groups is 1. The third-order valence-electron chi connectivity index (χ3n) is 1.21. The summed E-state index contributed by atoms with van der Waals surface area (Å²) in [7, 11) is 1.11. The number of aliphatic hydroxyl groups is 1. The molecule has 0 saturated heterocycles. The molecule has 1 aromatic rings. The van der Waals surface area contributed by atoms with E-state index in [9.17, 15) is 10.0 Å². The van der Waals surface area contributed by atoms with E-state index in [4.69, 9.17) is 5.11 Å². The zero-order valence-corrected chi connectivity index (χ0v) is 6.18. The number of methoxy groups -OCH3 is 1. The number of hydrogen-bond acceptors (Lipinski definition) is 6. The zero-order chi connectivity index (χ0) is 9.14. The molecule has 0 atom stereocenters. The molecule has 1 rings (SSSR count). The molecule has 0 spiro atoms. The van der Waals surface area contributed by atoms with Crippen LogP contribution in [-0.4, -0.2) is 23.3 Å². The van der Waals surface area contributed by atoms with Gasteiger partial charge >= 0.3 is 11.7 Å². The Bertz CT molecular complexity index is 294. The van der Waals surface area contributed by atoms with Gasteiger partial charge in [-0.2, -0.15) is 0 Å². The SMILES string of the molecule is COC(=O)c1c(CO)no[n+]1[O-]. The number of nitrogens with zero attached hydrogens (tertiary/aromatic N) is 2. The second-order valence-corrected chi connectivity index (χ2v) is 1.88. The number of aliphatic hydroxyl groups excluding tert-OH is 1. The van der Waals surface area contributed by atoms with Crippen molar-refractivity contribution in [1.29, 1.82) is 0 Å². The number of esters is 1. The van der Waals surface area contributed by atoms with Gasteiger partial charge in [-0.05, 0) is 4.90 Å². The molecule has 0 fully saturated rings. The molecule has 0 unspecified atom stereocenters. The number of rotatable bonds is 2. The van der Waals surface area contributed by atoms with Crippen molar-refractivity contribution in [3.8, 4) is 0 Å². The van der Waals surface area contributed by atoms with Gasteiger partial charge in [-0.15, -0.1) is 0 Å². The molecule has 0 radical (unpaired) electrons. The molecule has 0 aliphatic carbocycles. The van der Waals surface area contributed by atoms with Crippen LogP contribution < -0.4 is 4.90 Å². The molecule has 7 nitrogen and oxygen atoms in total. The molecule has 0 aromatic carbocycles. The first kappa shape index (κ1) is 8.47. The first-order valence-electron chi connectivity index (χ1n) is 2.98. The van der Waals surface area contributed by atoms with Crippen LogP contribution in [0.5, 0.6) is 0 Å². The standard InChI is InChI=1S/C5H6N2O5/c1-11-5(9)4-3(2-8)6-12-7(4)10/h8H,2H2,1H3. The minimum absolute atomic E-state index is 0.114. The van der Waals surface area contributed by atoms with Crippen LogP contribution in [0.2, 0.25) is 0 Å². The Kier molecular flexibility index (Phi) is 2.24. The van der Waals surface area contributed by atoms with E-state index in [1.54, 1.807) is 0 Å². The van der Waals surface area contributed by atoms with E-state index < -0.39 is 18.3 Å². The smallest absolute Gasteiger partial charge is 0.387 e. The van der Waals surface area contributed by atoms with Gasteiger partial charge in [0.15, 0.2) is 0 Å². The van der Waals surface area contributed by atoms with Crippen molar-refractivity contribution >= 4 is 5.97 Å². The van der Waals surface area contributed by atoms with Crippen LogP contribution in [0.3, 0.4) is 0 Å². The van der Waals surface area contributed by atoms with Crippen molar-refractivity contribution < 1.29 is 24.2 Å². The van der Waals surface area contributed by atoms with Crippen LogP contribution >= 0.6 is 0 Å². The van der Waals surface area contributed by atoms with Gasteiger partial charge < -0.3 is 15.1 Å². The summed E-state index contributed by atoms with van der Waals surface area (Å²) < 4.78 is 8.31. The van der Waals surface area contributed by atoms with E-state index in [-0.39, 0.29) is 10.6 Å². The number of hydrogen-bond donors (Lipinski definition) is 1. The largest absolute Gasteiger partial charge is 0.463 e. The van der Waals surface area contributed by atoms with Gasteiger partial charge in [0.2, 0.25) is 0 Å². The molecule has 66 valence electrons. The van der Waals surface area contributed by atoms with E-state index >= 15 is 0 Å². The van der Waals surface area contributed by atoms with Gasteiger partial charge in [-0.1, -0.05) is 0 Å². The minimum atomic E-state index is -0.893. The van der Waals surface area contributed by atoms with Crippen molar-refractivity contribution in [1.82, 2.24) is 5.16 Å². The summed E-state index contributed by atoms with van der Waals surface area (Å²) in [5, 5.41) is 22.4. The summed E-state index contributed by atoms with van der Waals surface area (Å²) in [6.07, 6.45) is 0. The summed E-state index contributed by atoms with van der Waals surface area (Å²) in [4.78, 5) is 10.7. The quantitative estimate of drug-likeness (QED) is 0.436. The minimum Gasteiger partial charge on any atom is -0.463 e. The molecule has 1 aromatic heterocycles. The van der Waals surface area contributed by atoms with Crippen LogP contribution in [0.15, 0.2) is 4.63 Å². The molecular weight excluding hydrogens is 168 g/mol. The highest BCUT2D eigenvalue weighted by atomic mass is 16.8. The Balaban J connectivity index is 3.10. The van der Waals surface area contributed by atoms with E-state index in [1.165, 1.54) is 0 Å². The average molecular weight is 174 g/mol. The van der Waals surface area contributed by atoms with E-state index in [1.807, 2.05) is 0 Å². The molecule has 12 heavy (non-hydrogen) atoms. The lowest BCUT2D eigenvalue weighted by Gasteiger charge is -1.93. The first-order valence-corrected chi connectivity index (χ1v) is 2.98. The number of carbonyl (C=O) groups excluding carboxylic acids is 1. The Hall–Kier alpha value is -1.63. The van der Waals surface area contributed by atoms with Gasteiger partial charge in [0, 0.05) is 5.16 Å². The predicted octanol–water partition coefficient (Wildman–Crippen LogP) is -1.41. The second-order valence-electron chi connectivity index (χ2n) is 1.88. The van der Waals surface area contributed by atoms with E-state index in [2.05, 4.69) is 14.5 Å². The van der Waals surface area contributed by atoms with Gasteiger partial charge in [0.25, 0.3) is 5.69 Å². The van der Waals surface area contributed by atoms with Crippen molar-refractivity contribution in [2.45, 2.75) is 6.61 Å². The fourth-order valence-electron chi connectivity index (χ4n) is 0.669. The number of aromatic nitrogens is 2. The third-order valence-corrected chi connectivity index (χ3v) is 1.21.